The van der Waals surface area contributed by atoms with E-state index in [1.165, 1.54) is 12.1 Å². The molecule has 0 fully saturated rings. The molecule has 2 rings (SSSR count). The van der Waals surface area contributed by atoms with Crippen LogP contribution in [0.1, 0.15) is 17.0 Å². The summed E-state index contributed by atoms with van der Waals surface area (Å²) >= 11 is 6.87. The maximum absolute atomic E-state index is 13.7. The molecule has 0 spiro atoms. The summed E-state index contributed by atoms with van der Waals surface area (Å²) < 4.78 is 27.8. The van der Waals surface area contributed by atoms with Gasteiger partial charge in [0.15, 0.2) is 0 Å². The Morgan fingerprint density at radius 2 is 1.84 bits per heavy atom. The molecule has 0 aliphatic rings. The Hall–Kier alpha value is -0.740. The lowest BCUT2D eigenvalue weighted by molar-refractivity contribution is 0.577. The molecule has 4 heteroatoms. The minimum atomic E-state index is -0.404. The summed E-state index contributed by atoms with van der Waals surface area (Å²) in [6.07, 6.45) is 0.464. The van der Waals surface area contributed by atoms with Crippen molar-refractivity contribution >= 4 is 31.9 Å². The average molecular weight is 390 g/mol. The Morgan fingerprint density at radius 3 is 2.53 bits per heavy atom. The van der Waals surface area contributed by atoms with Crippen LogP contribution in [0.4, 0.5) is 8.78 Å². The van der Waals surface area contributed by atoms with Gasteiger partial charge in [0.1, 0.15) is 11.6 Å². The highest BCUT2D eigenvalue weighted by atomic mass is 79.9. The zero-order valence-electron chi connectivity index (χ0n) is 10.0. The van der Waals surface area contributed by atoms with E-state index in [-0.39, 0.29) is 11.7 Å². The second-order valence-corrected chi connectivity index (χ2v) is 5.91. The van der Waals surface area contributed by atoms with Gasteiger partial charge in [-0.15, -0.1) is 0 Å². The lowest BCUT2D eigenvalue weighted by Gasteiger charge is -2.15. The summed E-state index contributed by atoms with van der Waals surface area (Å²) in [7, 11) is 0. The van der Waals surface area contributed by atoms with Gasteiger partial charge >= 0.3 is 0 Å². The molecular weight excluding hydrogens is 378 g/mol. The molecule has 0 aliphatic heterocycles. The lowest BCUT2D eigenvalue weighted by atomic mass is 9.93. The molecule has 1 atom stereocenters. The molecule has 0 radical (unpaired) electrons. The van der Waals surface area contributed by atoms with Gasteiger partial charge in [0.05, 0.1) is 0 Å². The first-order valence-corrected chi connectivity index (χ1v) is 7.77. The highest BCUT2D eigenvalue weighted by Crippen LogP contribution is 2.26. The summed E-state index contributed by atoms with van der Waals surface area (Å²) in [6, 6.07) is 11.5. The third-order valence-electron chi connectivity index (χ3n) is 2.98. The fourth-order valence-corrected chi connectivity index (χ4v) is 3.01. The second-order valence-electron chi connectivity index (χ2n) is 4.35. The molecule has 0 bridgehead atoms. The van der Waals surface area contributed by atoms with E-state index < -0.39 is 5.82 Å². The maximum Gasteiger partial charge on any atom is 0.126 e. The minimum Gasteiger partial charge on any atom is -0.207 e. The van der Waals surface area contributed by atoms with Crippen LogP contribution < -0.4 is 0 Å². The first-order chi connectivity index (χ1) is 9.10. The summed E-state index contributed by atoms with van der Waals surface area (Å²) in [5.74, 6) is -0.657. The predicted molar refractivity (Wildman–Crippen MR) is 80.7 cm³/mol. The van der Waals surface area contributed by atoms with Crippen LogP contribution in [-0.4, -0.2) is 5.33 Å². The van der Waals surface area contributed by atoms with Crippen LogP contribution in [0.5, 0.6) is 0 Å². The van der Waals surface area contributed by atoms with E-state index in [9.17, 15) is 8.78 Å². The van der Waals surface area contributed by atoms with Gasteiger partial charge in [-0.05, 0) is 53.8 Å². The fourth-order valence-electron chi connectivity index (χ4n) is 1.99. The van der Waals surface area contributed by atoms with Crippen LogP contribution in [0.3, 0.4) is 0 Å². The molecule has 0 heterocycles. The molecule has 0 saturated carbocycles. The Labute approximate surface area is 128 Å². The van der Waals surface area contributed by atoms with E-state index in [2.05, 4.69) is 31.9 Å². The molecule has 2 aromatic rings. The number of hydrogen-bond donors (Lipinski definition) is 0. The van der Waals surface area contributed by atoms with Crippen molar-refractivity contribution in [2.45, 2.75) is 12.3 Å². The van der Waals surface area contributed by atoms with E-state index in [0.717, 1.165) is 16.1 Å². The predicted octanol–water partition coefficient (Wildman–Crippen LogP) is 5.45. The lowest BCUT2D eigenvalue weighted by Crippen LogP contribution is -2.06. The van der Waals surface area contributed by atoms with Crippen LogP contribution >= 0.6 is 31.9 Å². The first kappa shape index (κ1) is 14.7. The van der Waals surface area contributed by atoms with Crippen LogP contribution in [0, 0.1) is 11.6 Å². The number of halogens is 4. The number of alkyl halides is 1. The number of benzene rings is 2. The second kappa shape index (κ2) is 6.62. The molecule has 2 aromatic carbocycles. The smallest absolute Gasteiger partial charge is 0.126 e. The van der Waals surface area contributed by atoms with Gasteiger partial charge in [0, 0.05) is 9.80 Å². The summed E-state index contributed by atoms with van der Waals surface area (Å²) in [6.45, 7) is 0. The zero-order valence-corrected chi connectivity index (χ0v) is 13.2. The summed E-state index contributed by atoms with van der Waals surface area (Å²) in [5, 5.41) is 0.694. The van der Waals surface area contributed by atoms with Crippen LogP contribution in [0.25, 0.3) is 0 Å². The van der Waals surface area contributed by atoms with Crippen molar-refractivity contribution in [3.63, 3.8) is 0 Å². The van der Waals surface area contributed by atoms with Gasteiger partial charge in [-0.2, -0.15) is 0 Å². The Kier molecular flexibility index (Phi) is 5.11. The molecule has 0 nitrogen and oxygen atoms in total. The van der Waals surface area contributed by atoms with Gasteiger partial charge in [0.25, 0.3) is 0 Å². The van der Waals surface area contributed by atoms with Crippen LogP contribution in [0.15, 0.2) is 46.9 Å². The fraction of sp³-hybridized carbons (Fsp3) is 0.200. The Morgan fingerprint density at radius 1 is 1.05 bits per heavy atom. The minimum absolute atomic E-state index is 0.105. The van der Waals surface area contributed by atoms with Crippen molar-refractivity contribution in [1.82, 2.24) is 0 Å². The van der Waals surface area contributed by atoms with E-state index in [1.54, 1.807) is 0 Å². The van der Waals surface area contributed by atoms with Crippen molar-refractivity contribution in [1.29, 1.82) is 0 Å². The van der Waals surface area contributed by atoms with Crippen molar-refractivity contribution in [2.75, 3.05) is 5.33 Å². The van der Waals surface area contributed by atoms with E-state index >= 15 is 0 Å². The highest BCUT2D eigenvalue weighted by molar-refractivity contribution is 9.10. The topological polar surface area (TPSA) is 0 Å². The van der Waals surface area contributed by atoms with Gasteiger partial charge in [-0.3, -0.25) is 0 Å². The van der Waals surface area contributed by atoms with Crippen LogP contribution in [0.2, 0.25) is 0 Å². The van der Waals surface area contributed by atoms with Crippen molar-refractivity contribution in [2.24, 2.45) is 0 Å². The largest absolute Gasteiger partial charge is 0.207 e. The molecule has 0 amide bonds. The third kappa shape index (κ3) is 3.86. The molecule has 0 N–H and O–H groups in total. The molecule has 0 aliphatic carbocycles. The zero-order chi connectivity index (χ0) is 13.8. The third-order valence-corrected chi connectivity index (χ3v) is 4.26. The summed E-state index contributed by atoms with van der Waals surface area (Å²) in [4.78, 5) is 0. The van der Waals surface area contributed by atoms with E-state index in [0.29, 0.717) is 17.3 Å². The molecule has 1 unspecified atom stereocenters. The van der Waals surface area contributed by atoms with Gasteiger partial charge in [-0.1, -0.05) is 44.0 Å². The highest BCUT2D eigenvalue weighted by Gasteiger charge is 2.14. The molecule has 19 heavy (non-hydrogen) atoms. The molecular formula is C15H12Br2F2. The van der Waals surface area contributed by atoms with Crippen LogP contribution in [-0.2, 0) is 6.42 Å². The monoisotopic (exact) mass is 388 g/mol. The van der Waals surface area contributed by atoms with E-state index in [1.807, 2.05) is 24.3 Å². The van der Waals surface area contributed by atoms with Crippen molar-refractivity contribution in [3.8, 4) is 0 Å². The van der Waals surface area contributed by atoms with Crippen molar-refractivity contribution < 1.29 is 8.78 Å². The molecule has 0 aromatic heterocycles. The number of rotatable bonds is 4. The molecule has 100 valence electrons. The normalized spacial score (nSPS) is 12.4. The Balaban J connectivity index is 2.26. The standard InChI is InChI=1S/C15H12Br2F2/c16-9-12(10-2-1-3-13(17)7-10)6-11-8-14(18)4-5-15(11)19/h1-5,7-8,12H,6,9H2. The summed E-state index contributed by atoms with van der Waals surface area (Å²) in [5.41, 5.74) is 1.50. The van der Waals surface area contributed by atoms with E-state index in [4.69, 9.17) is 0 Å². The Bertz CT molecular complexity index is 570. The average Bonchev–Trinajstić information content (AvgIpc) is 2.39. The van der Waals surface area contributed by atoms with Gasteiger partial charge < -0.3 is 0 Å². The number of hydrogen-bond acceptors (Lipinski definition) is 0. The van der Waals surface area contributed by atoms with Crippen molar-refractivity contribution in [3.05, 3.63) is 69.7 Å². The van der Waals surface area contributed by atoms with Gasteiger partial charge in [0.2, 0.25) is 0 Å². The quantitative estimate of drug-likeness (QED) is 0.610. The van der Waals surface area contributed by atoms with Gasteiger partial charge in [-0.25, -0.2) is 8.78 Å². The first-order valence-electron chi connectivity index (χ1n) is 5.85. The SMILES string of the molecule is Fc1ccc(F)c(CC(CBr)c2cccc(Br)c2)c1. The maximum atomic E-state index is 13.7. The molecule has 0 saturated heterocycles.